The van der Waals surface area contributed by atoms with Crippen LogP contribution in [-0.2, 0) is 4.79 Å². The maximum atomic E-state index is 11.0. The standard InChI is InChI=1S/C7H15NOS/c1-7(2,10)5-6(9)8(3)4/h10H,5H2,1-4H3. The molecule has 0 aromatic carbocycles. The SMILES string of the molecule is CN(C)C(=O)CC(C)(C)S. The largest absolute Gasteiger partial charge is 0.349 e. The first-order chi connectivity index (χ1) is 4.33. The first kappa shape index (κ1) is 9.82. The second-order valence-electron chi connectivity index (χ2n) is 3.28. The molecule has 0 spiro atoms. The van der Waals surface area contributed by atoms with E-state index in [1.807, 2.05) is 13.8 Å². The number of nitrogens with zero attached hydrogens (tertiary/aromatic N) is 1. The predicted octanol–water partition coefficient (Wildman–Crippen LogP) is 1.17. The molecule has 2 nitrogen and oxygen atoms in total. The summed E-state index contributed by atoms with van der Waals surface area (Å²) in [5.74, 6) is 0.125. The molecule has 3 heteroatoms. The minimum atomic E-state index is -0.193. The molecule has 10 heavy (non-hydrogen) atoms. The van der Waals surface area contributed by atoms with Crippen molar-refractivity contribution >= 4 is 18.5 Å². The molecule has 0 aliphatic heterocycles. The lowest BCUT2D eigenvalue weighted by Gasteiger charge is -2.19. The van der Waals surface area contributed by atoms with Crippen LogP contribution < -0.4 is 0 Å². The van der Waals surface area contributed by atoms with E-state index in [2.05, 4.69) is 12.6 Å². The van der Waals surface area contributed by atoms with E-state index in [-0.39, 0.29) is 10.7 Å². The minimum Gasteiger partial charge on any atom is -0.349 e. The summed E-state index contributed by atoms with van der Waals surface area (Å²) in [5, 5.41) is 0. The van der Waals surface area contributed by atoms with Gasteiger partial charge in [0.05, 0.1) is 0 Å². The number of hydrogen-bond acceptors (Lipinski definition) is 2. The molecule has 60 valence electrons. The van der Waals surface area contributed by atoms with Gasteiger partial charge in [-0.25, -0.2) is 0 Å². The van der Waals surface area contributed by atoms with E-state index in [1.165, 1.54) is 0 Å². The van der Waals surface area contributed by atoms with Crippen LogP contribution in [0.5, 0.6) is 0 Å². The van der Waals surface area contributed by atoms with Gasteiger partial charge < -0.3 is 4.90 Å². The number of carbonyl (C=O) groups excluding carboxylic acids is 1. The molecule has 0 saturated carbocycles. The van der Waals surface area contributed by atoms with Gasteiger partial charge in [0, 0.05) is 25.3 Å². The van der Waals surface area contributed by atoms with Crippen LogP contribution in [0.15, 0.2) is 0 Å². The van der Waals surface area contributed by atoms with Crippen molar-refractivity contribution in [3.8, 4) is 0 Å². The van der Waals surface area contributed by atoms with E-state index in [0.717, 1.165) is 0 Å². The Balaban J connectivity index is 3.81. The monoisotopic (exact) mass is 161 g/mol. The third kappa shape index (κ3) is 4.68. The van der Waals surface area contributed by atoms with Gasteiger partial charge in [-0.2, -0.15) is 12.6 Å². The second-order valence-corrected chi connectivity index (χ2v) is 4.49. The molecule has 0 heterocycles. The highest BCUT2D eigenvalue weighted by Gasteiger charge is 2.17. The van der Waals surface area contributed by atoms with Crippen molar-refractivity contribution in [2.75, 3.05) is 14.1 Å². The van der Waals surface area contributed by atoms with Crippen molar-refractivity contribution in [2.24, 2.45) is 0 Å². The van der Waals surface area contributed by atoms with Crippen LogP contribution in [-0.4, -0.2) is 29.6 Å². The summed E-state index contributed by atoms with van der Waals surface area (Å²) in [6.45, 7) is 3.86. The Kier molecular flexibility index (Phi) is 3.22. The molecular weight excluding hydrogens is 146 g/mol. The number of amides is 1. The summed E-state index contributed by atoms with van der Waals surface area (Å²) in [6.07, 6.45) is 0.489. The fourth-order valence-corrected chi connectivity index (χ4v) is 0.663. The molecule has 0 aliphatic carbocycles. The molecule has 0 saturated heterocycles. The molecule has 0 aromatic rings. The van der Waals surface area contributed by atoms with Gasteiger partial charge in [0.2, 0.25) is 5.91 Å². The Hall–Kier alpha value is -0.180. The van der Waals surface area contributed by atoms with Gasteiger partial charge in [0.15, 0.2) is 0 Å². The van der Waals surface area contributed by atoms with Crippen LogP contribution in [0.1, 0.15) is 20.3 Å². The zero-order valence-corrected chi connectivity index (χ0v) is 7.90. The Bertz CT molecular complexity index is 126. The van der Waals surface area contributed by atoms with Crippen molar-refractivity contribution in [2.45, 2.75) is 25.0 Å². The molecule has 0 radical (unpaired) electrons. The molecule has 0 rings (SSSR count). The van der Waals surface area contributed by atoms with Gasteiger partial charge in [-0.15, -0.1) is 0 Å². The van der Waals surface area contributed by atoms with Crippen molar-refractivity contribution in [1.29, 1.82) is 0 Å². The molecule has 1 amide bonds. The molecule has 0 aromatic heterocycles. The van der Waals surface area contributed by atoms with Gasteiger partial charge in [0.1, 0.15) is 0 Å². The number of rotatable bonds is 2. The van der Waals surface area contributed by atoms with Crippen molar-refractivity contribution in [1.82, 2.24) is 4.90 Å². The van der Waals surface area contributed by atoms with Gasteiger partial charge in [0.25, 0.3) is 0 Å². The van der Waals surface area contributed by atoms with Crippen molar-refractivity contribution in [3.05, 3.63) is 0 Å². The topological polar surface area (TPSA) is 20.3 Å². The predicted molar refractivity (Wildman–Crippen MR) is 46.4 cm³/mol. The van der Waals surface area contributed by atoms with E-state index < -0.39 is 0 Å². The highest BCUT2D eigenvalue weighted by Crippen LogP contribution is 2.17. The van der Waals surface area contributed by atoms with E-state index in [4.69, 9.17) is 0 Å². The lowest BCUT2D eigenvalue weighted by Crippen LogP contribution is -2.28. The highest BCUT2D eigenvalue weighted by molar-refractivity contribution is 7.81. The first-order valence-electron chi connectivity index (χ1n) is 3.25. The van der Waals surface area contributed by atoms with Crippen LogP contribution in [0.4, 0.5) is 0 Å². The average molecular weight is 161 g/mol. The quantitative estimate of drug-likeness (QED) is 0.603. The highest BCUT2D eigenvalue weighted by atomic mass is 32.1. The van der Waals surface area contributed by atoms with E-state index in [9.17, 15) is 4.79 Å². The second kappa shape index (κ2) is 3.28. The molecule has 0 fully saturated rings. The maximum absolute atomic E-state index is 11.0. The summed E-state index contributed by atoms with van der Waals surface area (Å²) in [4.78, 5) is 12.6. The average Bonchev–Trinajstić information content (AvgIpc) is 1.60. The fraction of sp³-hybridized carbons (Fsp3) is 0.857. The summed E-state index contributed by atoms with van der Waals surface area (Å²) in [6, 6.07) is 0. The molecule has 0 unspecified atom stereocenters. The molecule has 0 bridgehead atoms. The van der Waals surface area contributed by atoms with E-state index in [1.54, 1.807) is 19.0 Å². The van der Waals surface area contributed by atoms with Crippen LogP contribution in [0.3, 0.4) is 0 Å². The Morgan fingerprint density at radius 1 is 1.50 bits per heavy atom. The Morgan fingerprint density at radius 3 is 2.00 bits per heavy atom. The molecule has 0 atom stereocenters. The lowest BCUT2D eigenvalue weighted by molar-refractivity contribution is -0.129. The normalized spacial score (nSPS) is 11.3. The summed E-state index contributed by atoms with van der Waals surface area (Å²) < 4.78 is -0.193. The summed E-state index contributed by atoms with van der Waals surface area (Å²) in [5.41, 5.74) is 0. The summed E-state index contributed by atoms with van der Waals surface area (Å²) in [7, 11) is 3.50. The Labute approximate surface area is 68.0 Å². The number of carbonyl (C=O) groups is 1. The molecule has 0 N–H and O–H groups in total. The molecular formula is C7H15NOS. The smallest absolute Gasteiger partial charge is 0.223 e. The van der Waals surface area contributed by atoms with Crippen LogP contribution >= 0.6 is 12.6 Å². The van der Waals surface area contributed by atoms with Gasteiger partial charge in [-0.3, -0.25) is 4.79 Å². The van der Waals surface area contributed by atoms with Crippen molar-refractivity contribution in [3.63, 3.8) is 0 Å². The zero-order valence-electron chi connectivity index (χ0n) is 7.01. The zero-order chi connectivity index (χ0) is 8.36. The number of hydrogen-bond donors (Lipinski definition) is 1. The third-order valence-corrected chi connectivity index (χ3v) is 1.24. The fourth-order valence-electron chi connectivity index (χ4n) is 0.528. The maximum Gasteiger partial charge on any atom is 0.223 e. The van der Waals surface area contributed by atoms with Crippen LogP contribution in [0.25, 0.3) is 0 Å². The van der Waals surface area contributed by atoms with Gasteiger partial charge in [-0.1, -0.05) is 13.8 Å². The summed E-state index contributed by atoms with van der Waals surface area (Å²) >= 11 is 4.24. The molecule has 0 aliphatic rings. The van der Waals surface area contributed by atoms with E-state index in [0.29, 0.717) is 6.42 Å². The number of thiol groups is 1. The van der Waals surface area contributed by atoms with Gasteiger partial charge in [-0.05, 0) is 0 Å². The van der Waals surface area contributed by atoms with Crippen LogP contribution in [0, 0.1) is 0 Å². The van der Waals surface area contributed by atoms with E-state index >= 15 is 0 Å². The lowest BCUT2D eigenvalue weighted by atomic mass is 10.1. The third-order valence-electron chi connectivity index (χ3n) is 1.08. The Morgan fingerprint density at radius 2 is 1.90 bits per heavy atom. The van der Waals surface area contributed by atoms with Crippen LogP contribution in [0.2, 0.25) is 0 Å². The van der Waals surface area contributed by atoms with Gasteiger partial charge >= 0.3 is 0 Å². The van der Waals surface area contributed by atoms with Crippen molar-refractivity contribution < 1.29 is 4.79 Å². The minimum absolute atomic E-state index is 0.125. The first-order valence-corrected chi connectivity index (χ1v) is 3.70.